The van der Waals surface area contributed by atoms with E-state index in [1.807, 2.05) is 24.3 Å². The Morgan fingerprint density at radius 3 is 2.88 bits per heavy atom. The maximum Gasteiger partial charge on any atom is 0.0530 e. The van der Waals surface area contributed by atoms with Crippen molar-refractivity contribution in [2.45, 2.75) is 24.7 Å². The zero-order valence-corrected chi connectivity index (χ0v) is 11.9. The van der Waals surface area contributed by atoms with E-state index in [2.05, 4.69) is 28.2 Å². The molecule has 0 spiro atoms. The van der Waals surface area contributed by atoms with Crippen molar-refractivity contribution in [3.8, 4) is 0 Å². The van der Waals surface area contributed by atoms with Crippen LogP contribution in [0.5, 0.6) is 0 Å². The first-order valence-corrected chi connectivity index (χ1v) is 7.70. The summed E-state index contributed by atoms with van der Waals surface area (Å²) in [5.41, 5.74) is 0. The Bertz CT molecular complexity index is 344. The van der Waals surface area contributed by atoms with Crippen molar-refractivity contribution in [3.63, 3.8) is 0 Å². The number of rotatable bonds is 7. The Balaban J connectivity index is 2.30. The zero-order chi connectivity index (χ0) is 11.8. The summed E-state index contributed by atoms with van der Waals surface area (Å²) < 4.78 is 12.9. The van der Waals surface area contributed by atoms with Crippen molar-refractivity contribution in [3.05, 3.63) is 28.7 Å². The van der Waals surface area contributed by atoms with Crippen LogP contribution in [0.3, 0.4) is 0 Å². The second kappa shape index (κ2) is 7.98. The number of hydrogen-bond acceptors (Lipinski definition) is 2. The summed E-state index contributed by atoms with van der Waals surface area (Å²) >= 11 is 3.39. The van der Waals surface area contributed by atoms with Crippen LogP contribution in [0.4, 0.5) is 0 Å². The van der Waals surface area contributed by atoms with Gasteiger partial charge in [-0.25, -0.2) is 0 Å². The van der Waals surface area contributed by atoms with Crippen LogP contribution in [-0.4, -0.2) is 23.1 Å². The second-order valence-electron chi connectivity index (χ2n) is 3.61. The van der Waals surface area contributed by atoms with Crippen molar-refractivity contribution < 1.29 is 4.21 Å². The Kier molecular flexibility index (Phi) is 6.92. The summed E-state index contributed by atoms with van der Waals surface area (Å²) in [6, 6.07) is 7.71. The van der Waals surface area contributed by atoms with Gasteiger partial charge < -0.3 is 5.32 Å². The predicted molar refractivity (Wildman–Crippen MR) is 73.2 cm³/mol. The predicted octanol–water partition coefficient (Wildman–Crippen LogP) is 2.95. The zero-order valence-electron chi connectivity index (χ0n) is 9.54. The minimum absolute atomic E-state index is 0.729. The van der Waals surface area contributed by atoms with E-state index in [1.165, 1.54) is 0 Å². The van der Waals surface area contributed by atoms with Gasteiger partial charge in [0.25, 0.3) is 0 Å². The molecule has 16 heavy (non-hydrogen) atoms. The van der Waals surface area contributed by atoms with E-state index in [0.29, 0.717) is 0 Å². The van der Waals surface area contributed by atoms with E-state index in [1.54, 1.807) is 0 Å². The summed E-state index contributed by atoms with van der Waals surface area (Å²) in [6.07, 6.45) is 2.11. The molecule has 0 aromatic heterocycles. The minimum Gasteiger partial charge on any atom is -0.317 e. The maximum atomic E-state index is 11.9. The molecule has 1 unspecified atom stereocenters. The Hall–Kier alpha value is -0.190. The molecule has 0 saturated carbocycles. The molecule has 1 rings (SSSR count). The van der Waals surface area contributed by atoms with Gasteiger partial charge in [-0.2, -0.15) is 0 Å². The fourth-order valence-electron chi connectivity index (χ4n) is 1.36. The van der Waals surface area contributed by atoms with Crippen LogP contribution in [0.15, 0.2) is 33.6 Å². The average Bonchev–Trinajstić information content (AvgIpc) is 2.28. The van der Waals surface area contributed by atoms with E-state index in [-0.39, 0.29) is 0 Å². The lowest BCUT2D eigenvalue weighted by Crippen LogP contribution is -2.17. The molecule has 0 aliphatic heterocycles. The summed E-state index contributed by atoms with van der Waals surface area (Å²) in [7, 11) is -0.869. The lowest BCUT2D eigenvalue weighted by atomic mass is 10.4. The summed E-state index contributed by atoms with van der Waals surface area (Å²) in [6.45, 7) is 4.14. The van der Waals surface area contributed by atoms with Gasteiger partial charge in [0.1, 0.15) is 0 Å². The topological polar surface area (TPSA) is 29.1 Å². The van der Waals surface area contributed by atoms with Gasteiger partial charge in [-0.3, -0.25) is 4.21 Å². The molecular weight excluding hydrogens is 286 g/mol. The Labute approximate surface area is 108 Å². The van der Waals surface area contributed by atoms with Crippen LogP contribution in [0.2, 0.25) is 0 Å². The molecule has 1 aromatic carbocycles. The van der Waals surface area contributed by atoms with Gasteiger partial charge in [-0.1, -0.05) is 28.9 Å². The van der Waals surface area contributed by atoms with Crippen LogP contribution < -0.4 is 5.32 Å². The first-order chi connectivity index (χ1) is 7.74. The lowest BCUT2D eigenvalue weighted by molar-refractivity contribution is 0.652. The van der Waals surface area contributed by atoms with E-state index in [0.717, 1.165) is 41.1 Å². The molecule has 0 saturated heterocycles. The number of benzene rings is 1. The van der Waals surface area contributed by atoms with Gasteiger partial charge in [0.15, 0.2) is 0 Å². The van der Waals surface area contributed by atoms with Gasteiger partial charge in [0.05, 0.1) is 10.8 Å². The molecule has 0 aliphatic rings. The standard InChI is InChI=1S/C12H18BrNOS/c1-2-7-14-8-4-9-16(15)12-6-3-5-11(13)10-12/h3,5-6,10,14H,2,4,7-9H2,1H3. The summed E-state index contributed by atoms with van der Waals surface area (Å²) in [5.74, 6) is 0.729. The summed E-state index contributed by atoms with van der Waals surface area (Å²) in [4.78, 5) is 0.907. The molecule has 1 atom stereocenters. The third-order valence-electron chi connectivity index (χ3n) is 2.17. The highest BCUT2D eigenvalue weighted by molar-refractivity contribution is 9.10. The average molecular weight is 304 g/mol. The summed E-state index contributed by atoms with van der Waals surface area (Å²) in [5, 5.41) is 3.31. The van der Waals surface area contributed by atoms with Gasteiger partial charge in [-0.15, -0.1) is 0 Å². The molecule has 0 heterocycles. The fourth-order valence-corrected chi connectivity index (χ4v) is 3.04. The molecule has 1 aromatic rings. The number of nitrogens with one attached hydrogen (secondary N) is 1. The van der Waals surface area contributed by atoms with Crippen molar-refractivity contribution in [2.24, 2.45) is 0 Å². The molecule has 1 N–H and O–H groups in total. The number of halogens is 1. The van der Waals surface area contributed by atoms with E-state index in [4.69, 9.17) is 0 Å². The Morgan fingerprint density at radius 1 is 1.38 bits per heavy atom. The van der Waals surface area contributed by atoms with Gasteiger partial charge in [0.2, 0.25) is 0 Å². The van der Waals surface area contributed by atoms with Crippen LogP contribution in [0.25, 0.3) is 0 Å². The molecule has 2 nitrogen and oxygen atoms in total. The first kappa shape index (κ1) is 13.9. The molecule has 0 aliphatic carbocycles. The third kappa shape index (κ3) is 5.23. The van der Waals surface area contributed by atoms with Gasteiger partial charge in [0, 0.05) is 15.1 Å². The monoisotopic (exact) mass is 303 g/mol. The van der Waals surface area contributed by atoms with E-state index in [9.17, 15) is 4.21 Å². The highest BCUT2D eigenvalue weighted by Crippen LogP contribution is 2.15. The van der Waals surface area contributed by atoms with Crippen molar-refractivity contribution in [1.29, 1.82) is 0 Å². The molecule has 0 fully saturated rings. The Morgan fingerprint density at radius 2 is 2.19 bits per heavy atom. The molecule has 0 bridgehead atoms. The van der Waals surface area contributed by atoms with Crippen molar-refractivity contribution >= 4 is 26.7 Å². The van der Waals surface area contributed by atoms with Crippen LogP contribution in [-0.2, 0) is 10.8 Å². The fraction of sp³-hybridized carbons (Fsp3) is 0.500. The highest BCUT2D eigenvalue weighted by atomic mass is 79.9. The third-order valence-corrected chi connectivity index (χ3v) is 4.10. The second-order valence-corrected chi connectivity index (χ2v) is 6.10. The van der Waals surface area contributed by atoms with E-state index >= 15 is 0 Å². The number of hydrogen-bond donors (Lipinski definition) is 1. The maximum absolute atomic E-state index is 11.9. The van der Waals surface area contributed by atoms with Gasteiger partial charge in [-0.05, 0) is 44.1 Å². The van der Waals surface area contributed by atoms with Crippen LogP contribution in [0, 0.1) is 0 Å². The van der Waals surface area contributed by atoms with Crippen LogP contribution in [0.1, 0.15) is 19.8 Å². The largest absolute Gasteiger partial charge is 0.317 e. The van der Waals surface area contributed by atoms with Crippen molar-refractivity contribution in [1.82, 2.24) is 5.32 Å². The molecule has 0 amide bonds. The molecule has 0 radical (unpaired) electrons. The molecular formula is C12H18BrNOS. The van der Waals surface area contributed by atoms with Crippen molar-refractivity contribution in [2.75, 3.05) is 18.8 Å². The first-order valence-electron chi connectivity index (χ1n) is 5.58. The molecule has 90 valence electrons. The smallest absolute Gasteiger partial charge is 0.0530 e. The SMILES string of the molecule is CCCNCCCS(=O)c1cccc(Br)c1. The normalized spacial score (nSPS) is 12.6. The molecule has 4 heteroatoms. The lowest BCUT2D eigenvalue weighted by Gasteiger charge is -2.04. The van der Waals surface area contributed by atoms with E-state index < -0.39 is 10.8 Å². The van der Waals surface area contributed by atoms with Crippen LogP contribution >= 0.6 is 15.9 Å². The minimum atomic E-state index is -0.869. The quantitative estimate of drug-likeness (QED) is 0.785. The highest BCUT2D eigenvalue weighted by Gasteiger charge is 2.03. The van der Waals surface area contributed by atoms with Gasteiger partial charge >= 0.3 is 0 Å².